The third-order valence-electron chi connectivity index (χ3n) is 5.56. The molecule has 36 heavy (non-hydrogen) atoms. The molecule has 4 aromatic heterocycles. The number of fused-ring (bicyclic) bond motifs is 1. The van der Waals surface area contributed by atoms with Crippen molar-refractivity contribution in [3.8, 4) is 11.5 Å². The van der Waals surface area contributed by atoms with Gasteiger partial charge in [0.1, 0.15) is 22.7 Å². The smallest absolute Gasteiger partial charge is 0.392 e. The predicted molar refractivity (Wildman–Crippen MR) is 124 cm³/mol. The van der Waals surface area contributed by atoms with Crippen molar-refractivity contribution in [1.82, 2.24) is 29.5 Å². The Hall–Kier alpha value is -4.10. The van der Waals surface area contributed by atoms with E-state index in [1.54, 1.807) is 30.5 Å². The lowest BCUT2D eigenvalue weighted by Crippen LogP contribution is -2.32. The molecule has 0 saturated carbocycles. The molecule has 5 heterocycles. The summed E-state index contributed by atoms with van der Waals surface area (Å²) in [6.45, 7) is 1.24. The Labute approximate surface area is 202 Å². The number of aliphatic hydroxyl groups excluding tert-OH is 1. The van der Waals surface area contributed by atoms with Gasteiger partial charge in [-0.05, 0) is 36.8 Å². The molecule has 1 aliphatic rings. The lowest BCUT2D eigenvalue weighted by molar-refractivity contribution is -0.141. The SMILES string of the molecule is O=C(CN1CCC(O)C1)Nc1cc(Nc2nc(-c3cccc(C(F)(F)F)n3)nn3cccc23)ccn1. The van der Waals surface area contributed by atoms with E-state index in [2.05, 4.69) is 30.7 Å². The zero-order valence-corrected chi connectivity index (χ0v) is 18.8. The molecule has 3 N–H and O–H groups in total. The number of pyridine rings is 2. The number of likely N-dealkylation sites (tertiary alicyclic amines) is 1. The predicted octanol–water partition coefficient (Wildman–Crippen LogP) is 2.95. The van der Waals surface area contributed by atoms with Gasteiger partial charge in [0.15, 0.2) is 5.82 Å². The van der Waals surface area contributed by atoms with Crippen LogP contribution < -0.4 is 10.6 Å². The van der Waals surface area contributed by atoms with Crippen molar-refractivity contribution in [2.45, 2.75) is 18.7 Å². The van der Waals surface area contributed by atoms with E-state index in [1.807, 2.05) is 4.90 Å². The average molecular weight is 498 g/mol. The van der Waals surface area contributed by atoms with Gasteiger partial charge in [-0.2, -0.15) is 13.2 Å². The number of carbonyl (C=O) groups is 1. The van der Waals surface area contributed by atoms with Crippen LogP contribution in [0.15, 0.2) is 54.9 Å². The summed E-state index contributed by atoms with van der Waals surface area (Å²) in [6.07, 6.45) is -1.23. The minimum atomic E-state index is -4.60. The Morgan fingerprint density at radius 3 is 2.81 bits per heavy atom. The summed E-state index contributed by atoms with van der Waals surface area (Å²) in [5, 5.41) is 19.8. The summed E-state index contributed by atoms with van der Waals surface area (Å²) >= 11 is 0. The average Bonchev–Trinajstić information content (AvgIpc) is 3.47. The van der Waals surface area contributed by atoms with E-state index in [0.717, 1.165) is 6.07 Å². The highest BCUT2D eigenvalue weighted by Crippen LogP contribution is 2.29. The van der Waals surface area contributed by atoms with E-state index >= 15 is 0 Å². The Kier molecular flexibility index (Phi) is 6.24. The quantitative estimate of drug-likeness (QED) is 0.371. The molecule has 0 radical (unpaired) electrons. The van der Waals surface area contributed by atoms with Crippen LogP contribution in [-0.4, -0.2) is 66.2 Å². The van der Waals surface area contributed by atoms with Crippen molar-refractivity contribution in [1.29, 1.82) is 0 Å². The summed E-state index contributed by atoms with van der Waals surface area (Å²) in [5.41, 5.74) is 0.0595. The second-order valence-electron chi connectivity index (χ2n) is 8.31. The molecule has 0 bridgehead atoms. The monoisotopic (exact) mass is 498 g/mol. The zero-order valence-electron chi connectivity index (χ0n) is 18.8. The van der Waals surface area contributed by atoms with Crippen molar-refractivity contribution in [3.63, 3.8) is 0 Å². The van der Waals surface area contributed by atoms with E-state index in [1.165, 1.54) is 22.8 Å². The molecule has 0 aromatic carbocycles. The number of hydrogen-bond donors (Lipinski definition) is 3. The van der Waals surface area contributed by atoms with E-state index in [9.17, 15) is 23.1 Å². The minimum Gasteiger partial charge on any atom is -0.392 e. The van der Waals surface area contributed by atoms with E-state index in [4.69, 9.17) is 0 Å². The second-order valence-corrected chi connectivity index (χ2v) is 8.31. The maximum atomic E-state index is 13.1. The minimum absolute atomic E-state index is 0.00248. The van der Waals surface area contributed by atoms with Crippen LogP contribution in [0, 0.1) is 0 Å². The van der Waals surface area contributed by atoms with Crippen LogP contribution in [0.3, 0.4) is 0 Å². The van der Waals surface area contributed by atoms with Gasteiger partial charge in [0.05, 0.1) is 12.6 Å². The Bertz CT molecular complexity index is 1410. The van der Waals surface area contributed by atoms with Crippen LogP contribution in [-0.2, 0) is 11.0 Å². The van der Waals surface area contributed by atoms with Crippen LogP contribution in [0.1, 0.15) is 12.1 Å². The first-order valence-corrected chi connectivity index (χ1v) is 11.1. The van der Waals surface area contributed by atoms with Crippen LogP contribution in [0.4, 0.5) is 30.5 Å². The third-order valence-corrected chi connectivity index (χ3v) is 5.56. The molecular weight excluding hydrogens is 477 g/mol. The summed E-state index contributed by atoms with van der Waals surface area (Å²) in [7, 11) is 0. The molecule has 5 rings (SSSR count). The third kappa shape index (κ3) is 5.26. The summed E-state index contributed by atoms with van der Waals surface area (Å²) < 4.78 is 40.9. The van der Waals surface area contributed by atoms with Gasteiger partial charge in [-0.15, -0.1) is 5.10 Å². The number of hydrogen-bond acceptors (Lipinski definition) is 8. The molecule has 1 saturated heterocycles. The van der Waals surface area contributed by atoms with Gasteiger partial charge in [0.25, 0.3) is 0 Å². The number of anilines is 3. The molecule has 13 heteroatoms. The topological polar surface area (TPSA) is 121 Å². The van der Waals surface area contributed by atoms with Gasteiger partial charge >= 0.3 is 6.18 Å². The fourth-order valence-electron chi connectivity index (χ4n) is 3.91. The van der Waals surface area contributed by atoms with E-state index in [0.29, 0.717) is 42.4 Å². The van der Waals surface area contributed by atoms with Crippen molar-refractivity contribution >= 4 is 28.7 Å². The maximum Gasteiger partial charge on any atom is 0.433 e. The number of β-amino-alcohol motifs (C(OH)–C–C–N with tert-alkyl or cyclic N) is 1. The first-order chi connectivity index (χ1) is 17.2. The molecule has 1 aliphatic heterocycles. The van der Waals surface area contributed by atoms with Gasteiger partial charge in [-0.3, -0.25) is 9.69 Å². The highest BCUT2D eigenvalue weighted by Gasteiger charge is 2.32. The number of nitrogens with zero attached hydrogens (tertiary/aromatic N) is 6. The molecule has 1 fully saturated rings. The van der Waals surface area contributed by atoms with Crippen LogP contribution >= 0.6 is 0 Å². The fourth-order valence-corrected chi connectivity index (χ4v) is 3.91. The second kappa shape index (κ2) is 9.51. The van der Waals surface area contributed by atoms with Gasteiger partial charge in [-0.1, -0.05) is 6.07 Å². The number of alkyl halides is 3. The highest BCUT2D eigenvalue weighted by atomic mass is 19.4. The van der Waals surface area contributed by atoms with Crippen LogP contribution in [0.25, 0.3) is 17.0 Å². The molecule has 10 nitrogen and oxygen atoms in total. The standard InChI is InChI=1S/C23H21F3N8O2/c24-23(25,26)18-5-1-3-16(29-18)21-31-22(17-4-2-9-34(17)32-21)28-14-6-8-27-19(11-14)30-20(36)13-33-10-7-15(35)12-33/h1-6,8-9,11,15,35H,7,10,12-13H2,(H2,27,28,30,31,32,36). The number of carbonyl (C=O) groups excluding carboxylic acids is 1. The van der Waals surface area contributed by atoms with Gasteiger partial charge in [0.2, 0.25) is 11.7 Å². The lowest BCUT2D eigenvalue weighted by atomic mass is 10.3. The Morgan fingerprint density at radius 2 is 2.03 bits per heavy atom. The molecule has 0 spiro atoms. The van der Waals surface area contributed by atoms with Crippen LogP contribution in [0.5, 0.6) is 0 Å². The molecule has 1 unspecified atom stereocenters. The molecular formula is C23H21F3N8O2. The van der Waals surface area contributed by atoms with E-state index < -0.39 is 18.0 Å². The van der Waals surface area contributed by atoms with Gasteiger partial charge in [-0.25, -0.2) is 19.5 Å². The number of halogens is 3. The largest absolute Gasteiger partial charge is 0.433 e. The fraction of sp³-hybridized carbons (Fsp3) is 0.261. The molecule has 1 amide bonds. The summed E-state index contributed by atoms with van der Waals surface area (Å²) in [4.78, 5) is 26.5. The first kappa shape index (κ1) is 23.6. The Balaban J connectivity index is 1.38. The zero-order chi connectivity index (χ0) is 25.3. The highest BCUT2D eigenvalue weighted by molar-refractivity contribution is 5.92. The van der Waals surface area contributed by atoms with Crippen LogP contribution in [0.2, 0.25) is 0 Å². The molecule has 1 atom stereocenters. The maximum absolute atomic E-state index is 13.1. The molecule has 4 aromatic rings. The van der Waals surface area contributed by atoms with Crippen molar-refractivity contribution in [2.75, 3.05) is 30.3 Å². The first-order valence-electron chi connectivity index (χ1n) is 11.1. The van der Waals surface area contributed by atoms with Crippen molar-refractivity contribution in [3.05, 3.63) is 60.6 Å². The van der Waals surface area contributed by atoms with E-state index in [-0.39, 0.29) is 24.0 Å². The normalized spacial score (nSPS) is 16.4. The molecule has 0 aliphatic carbocycles. The summed E-state index contributed by atoms with van der Waals surface area (Å²) in [5.74, 6) is 0.383. The number of aliphatic hydroxyl groups is 1. The number of rotatable bonds is 6. The molecule has 186 valence electrons. The van der Waals surface area contributed by atoms with Crippen molar-refractivity contribution < 1.29 is 23.1 Å². The summed E-state index contributed by atoms with van der Waals surface area (Å²) in [6, 6.07) is 10.3. The Morgan fingerprint density at radius 1 is 1.17 bits per heavy atom. The lowest BCUT2D eigenvalue weighted by Gasteiger charge is -2.14. The number of nitrogens with one attached hydrogen (secondary N) is 2. The van der Waals surface area contributed by atoms with Crippen molar-refractivity contribution in [2.24, 2.45) is 0 Å². The van der Waals surface area contributed by atoms with Gasteiger partial charge in [0, 0.05) is 37.2 Å². The van der Waals surface area contributed by atoms with Gasteiger partial charge < -0.3 is 15.7 Å². The number of amides is 1. The number of aromatic nitrogens is 5.